The molecule has 0 amide bonds. The quantitative estimate of drug-likeness (QED) is 0.391. The van der Waals surface area contributed by atoms with Crippen LogP contribution in [-0.2, 0) is 0 Å². The first kappa shape index (κ1) is 18.7. The van der Waals surface area contributed by atoms with E-state index in [0.717, 1.165) is 71.0 Å². The molecule has 0 aliphatic heterocycles. The zero-order valence-corrected chi connectivity index (χ0v) is 19.9. The number of fused-ring (bicyclic) bond motifs is 12. The average molecular weight is 435 g/mol. The molecule has 0 heterocycles. The van der Waals surface area contributed by atoms with E-state index >= 15 is 0 Å². The van der Waals surface area contributed by atoms with Crippen molar-refractivity contribution in [2.75, 3.05) is 0 Å². The largest absolute Gasteiger partial charge is 0.0620 e. The third kappa shape index (κ3) is 2.17. The van der Waals surface area contributed by atoms with Crippen LogP contribution in [0.5, 0.6) is 0 Å². The van der Waals surface area contributed by atoms with Crippen LogP contribution in [0.15, 0.2) is 48.5 Å². The monoisotopic (exact) mass is 434 g/mol. The summed E-state index contributed by atoms with van der Waals surface area (Å²) in [4.78, 5) is 0. The molecule has 170 valence electrons. The van der Waals surface area contributed by atoms with Gasteiger partial charge in [-0.25, -0.2) is 0 Å². The van der Waals surface area contributed by atoms with E-state index in [-0.39, 0.29) is 0 Å². The van der Waals surface area contributed by atoms with E-state index in [1.54, 1.807) is 24.0 Å². The van der Waals surface area contributed by atoms with E-state index in [4.69, 9.17) is 0 Å². The molecule has 2 aromatic rings. The Kier molecular flexibility index (Phi) is 3.72. The lowest BCUT2D eigenvalue weighted by Crippen LogP contribution is -2.59. The molecule has 5 fully saturated rings. The van der Waals surface area contributed by atoms with E-state index in [1.165, 1.54) is 44.9 Å². The van der Waals surface area contributed by atoms with Gasteiger partial charge in [0.05, 0.1) is 0 Å². The Balaban J connectivity index is 1.30. The van der Waals surface area contributed by atoms with Crippen molar-refractivity contribution in [2.24, 2.45) is 47.3 Å². The Morgan fingerprint density at radius 2 is 0.848 bits per heavy atom. The van der Waals surface area contributed by atoms with Gasteiger partial charge in [-0.15, -0.1) is 0 Å². The van der Waals surface area contributed by atoms with Crippen LogP contribution >= 0.6 is 0 Å². The second-order valence-corrected chi connectivity index (χ2v) is 13.3. The van der Waals surface area contributed by atoms with Crippen LogP contribution in [-0.4, -0.2) is 0 Å². The molecule has 10 unspecified atom stereocenters. The van der Waals surface area contributed by atoms with Crippen molar-refractivity contribution in [2.45, 2.75) is 81.5 Å². The number of hydrogen-bond acceptors (Lipinski definition) is 0. The van der Waals surface area contributed by atoms with Gasteiger partial charge < -0.3 is 0 Å². The van der Waals surface area contributed by atoms with Gasteiger partial charge in [-0.3, -0.25) is 0 Å². The maximum Gasteiger partial charge on any atom is -0.00910 e. The zero-order chi connectivity index (χ0) is 21.3. The topological polar surface area (TPSA) is 0 Å². The molecule has 33 heavy (non-hydrogen) atoms. The average Bonchev–Trinajstić information content (AvgIpc) is 3.40. The molecular formula is C33H38. The Hall–Kier alpha value is -1.56. The normalized spacial score (nSPS) is 49.9. The Labute approximate surface area is 199 Å². The molecule has 0 nitrogen and oxygen atoms in total. The lowest BCUT2D eigenvalue weighted by Gasteiger charge is -2.65. The highest BCUT2D eigenvalue weighted by atomic mass is 14.7. The minimum atomic E-state index is 0.842. The third-order valence-electron chi connectivity index (χ3n) is 12.8. The van der Waals surface area contributed by atoms with Crippen LogP contribution in [0.1, 0.15) is 104 Å². The molecule has 0 spiro atoms. The second kappa shape index (κ2) is 6.56. The predicted octanol–water partition coefficient (Wildman–Crippen LogP) is 8.26. The first-order valence-corrected chi connectivity index (χ1v) is 14.6. The minimum absolute atomic E-state index is 0.842. The fourth-order valence-electron chi connectivity index (χ4n) is 12.4. The first-order chi connectivity index (χ1) is 16.4. The van der Waals surface area contributed by atoms with Gasteiger partial charge in [0.1, 0.15) is 0 Å². The Morgan fingerprint density at radius 1 is 0.424 bits per heavy atom. The van der Waals surface area contributed by atoms with Crippen molar-refractivity contribution in [3.63, 3.8) is 0 Å². The summed E-state index contributed by atoms with van der Waals surface area (Å²) >= 11 is 0. The summed E-state index contributed by atoms with van der Waals surface area (Å²) in [6.07, 6.45) is 13.7. The van der Waals surface area contributed by atoms with E-state index in [0.29, 0.717) is 0 Å². The second-order valence-electron chi connectivity index (χ2n) is 13.3. The maximum absolute atomic E-state index is 2.58. The van der Waals surface area contributed by atoms with Crippen LogP contribution < -0.4 is 0 Å². The minimum Gasteiger partial charge on any atom is -0.0620 e. The lowest BCUT2D eigenvalue weighted by molar-refractivity contribution is -0.145. The van der Waals surface area contributed by atoms with Crippen molar-refractivity contribution < 1.29 is 0 Å². The molecule has 0 heteroatoms. The van der Waals surface area contributed by atoms with Crippen molar-refractivity contribution in [3.05, 3.63) is 70.8 Å². The summed E-state index contributed by atoms with van der Waals surface area (Å²) in [6.45, 7) is 0. The van der Waals surface area contributed by atoms with Crippen molar-refractivity contribution in [1.29, 1.82) is 0 Å². The molecule has 5 saturated carbocycles. The van der Waals surface area contributed by atoms with Crippen LogP contribution in [0.2, 0.25) is 0 Å². The van der Waals surface area contributed by atoms with E-state index in [2.05, 4.69) is 48.5 Å². The number of benzene rings is 2. The molecular weight excluding hydrogens is 396 g/mol. The van der Waals surface area contributed by atoms with Crippen molar-refractivity contribution >= 4 is 0 Å². The van der Waals surface area contributed by atoms with Gasteiger partial charge in [-0.2, -0.15) is 0 Å². The number of rotatable bonds is 0. The summed E-state index contributed by atoms with van der Waals surface area (Å²) < 4.78 is 0. The molecule has 0 radical (unpaired) electrons. The molecule has 0 aromatic heterocycles. The van der Waals surface area contributed by atoms with Crippen LogP contribution in [0.3, 0.4) is 0 Å². The van der Waals surface area contributed by atoms with Gasteiger partial charge >= 0.3 is 0 Å². The van der Waals surface area contributed by atoms with E-state index in [1.807, 2.05) is 11.1 Å². The zero-order valence-electron chi connectivity index (χ0n) is 19.9. The smallest absolute Gasteiger partial charge is 0.00910 e. The third-order valence-corrected chi connectivity index (χ3v) is 12.8. The fourth-order valence-corrected chi connectivity index (χ4v) is 12.4. The van der Waals surface area contributed by atoms with Crippen LogP contribution in [0, 0.1) is 47.3 Å². The van der Waals surface area contributed by atoms with Crippen LogP contribution in [0.4, 0.5) is 0 Å². The van der Waals surface area contributed by atoms with Gasteiger partial charge in [0.2, 0.25) is 0 Å². The van der Waals surface area contributed by atoms with E-state index < -0.39 is 0 Å². The highest BCUT2D eigenvalue weighted by Gasteiger charge is 2.69. The van der Waals surface area contributed by atoms with Crippen molar-refractivity contribution in [3.8, 4) is 0 Å². The fraction of sp³-hybridized carbons (Fsp3) is 0.636. The van der Waals surface area contributed by atoms with Crippen molar-refractivity contribution in [1.82, 2.24) is 0 Å². The molecule has 7 aliphatic carbocycles. The molecule has 0 N–H and O–H groups in total. The summed E-state index contributed by atoms with van der Waals surface area (Å²) in [7, 11) is 0. The highest BCUT2D eigenvalue weighted by Crippen LogP contribution is 2.77. The Bertz CT molecular complexity index is 1030. The summed E-state index contributed by atoms with van der Waals surface area (Å²) in [5.41, 5.74) is 7.22. The Morgan fingerprint density at radius 3 is 1.33 bits per heavy atom. The van der Waals surface area contributed by atoms with Gasteiger partial charge in [0, 0.05) is 0 Å². The summed E-state index contributed by atoms with van der Waals surface area (Å²) in [6, 6.07) is 19.8. The molecule has 7 aliphatic rings. The summed E-state index contributed by atoms with van der Waals surface area (Å²) in [5, 5.41) is 0. The molecule has 10 atom stereocenters. The van der Waals surface area contributed by atoms with E-state index in [9.17, 15) is 0 Å². The standard InChI is InChI=1S/C33H38/c1-3-11-20-18(9-1)26-17-27-19-10-2-4-12-21(19)29-23-14-6-8-16-25(23)30-24-15-7-5-13-22(24)28(20)31(26)33(30)32(27)29/h1-4,9-12,22-33H,5-8,13-17H2. The molecule has 9 rings (SSSR count). The molecule has 2 aromatic carbocycles. The summed E-state index contributed by atoms with van der Waals surface area (Å²) in [5.74, 6) is 11.5. The molecule has 0 bridgehead atoms. The first-order valence-electron chi connectivity index (χ1n) is 14.6. The number of hydrogen-bond donors (Lipinski definition) is 0. The molecule has 0 saturated heterocycles. The van der Waals surface area contributed by atoms with Crippen LogP contribution in [0.25, 0.3) is 0 Å². The van der Waals surface area contributed by atoms with Gasteiger partial charge in [0.25, 0.3) is 0 Å². The van der Waals surface area contributed by atoms with Gasteiger partial charge in [0.15, 0.2) is 0 Å². The lowest BCUT2D eigenvalue weighted by atomic mass is 9.39. The highest BCUT2D eigenvalue weighted by molar-refractivity contribution is 5.49. The predicted molar refractivity (Wildman–Crippen MR) is 133 cm³/mol. The van der Waals surface area contributed by atoms with Gasteiger partial charge in [-0.1, -0.05) is 74.2 Å². The van der Waals surface area contributed by atoms with Gasteiger partial charge in [-0.05, 0) is 125 Å². The maximum atomic E-state index is 2.58. The SMILES string of the molecule is c1ccc2c(c1)C1CC3c4ccccc4C4C5CCCCC5C5C6CCCCC6C2C1C5C34.